The second-order valence-electron chi connectivity index (χ2n) is 3.77. The van der Waals surface area contributed by atoms with Gasteiger partial charge in [-0.3, -0.25) is 0 Å². The predicted molar refractivity (Wildman–Crippen MR) is 54.2 cm³/mol. The molecule has 1 nitrogen and oxygen atoms in total. The van der Waals surface area contributed by atoms with Crippen molar-refractivity contribution in [2.24, 2.45) is 0 Å². The van der Waals surface area contributed by atoms with Gasteiger partial charge in [0.2, 0.25) is 0 Å². The molecule has 0 saturated carbocycles. The molecule has 0 bridgehead atoms. The highest BCUT2D eigenvalue weighted by molar-refractivity contribution is 5.37. The van der Waals surface area contributed by atoms with Gasteiger partial charge in [0, 0.05) is 0 Å². The van der Waals surface area contributed by atoms with Crippen LogP contribution in [0.5, 0.6) is 5.75 Å². The van der Waals surface area contributed by atoms with E-state index in [9.17, 15) is 0 Å². The van der Waals surface area contributed by atoms with Crippen LogP contribution in [0.2, 0.25) is 0 Å². The Morgan fingerprint density at radius 1 is 1.15 bits per heavy atom. The van der Waals surface area contributed by atoms with Crippen molar-refractivity contribution in [3.63, 3.8) is 0 Å². The van der Waals surface area contributed by atoms with E-state index in [0.29, 0.717) is 0 Å². The first-order valence-electron chi connectivity index (χ1n) is 5.08. The van der Waals surface area contributed by atoms with Crippen molar-refractivity contribution >= 4 is 0 Å². The lowest BCUT2D eigenvalue weighted by Crippen LogP contribution is -2.04. The standard InChI is InChI=1S/C12H16O/c1-10-6-7-12-11(9-10)5-3-2-4-8-13-12/h6-7,9H,2-5,8H2,1H3. The van der Waals surface area contributed by atoms with Crippen molar-refractivity contribution in [3.05, 3.63) is 29.3 Å². The van der Waals surface area contributed by atoms with Crippen molar-refractivity contribution in [1.29, 1.82) is 0 Å². The van der Waals surface area contributed by atoms with Gasteiger partial charge >= 0.3 is 0 Å². The SMILES string of the molecule is Cc1ccc2c(c1)CCCCCO2. The summed E-state index contributed by atoms with van der Waals surface area (Å²) < 4.78 is 5.68. The second-order valence-corrected chi connectivity index (χ2v) is 3.77. The molecule has 0 aromatic heterocycles. The van der Waals surface area contributed by atoms with E-state index in [1.54, 1.807) is 0 Å². The zero-order valence-electron chi connectivity index (χ0n) is 8.18. The summed E-state index contributed by atoms with van der Waals surface area (Å²) in [5, 5.41) is 0. The quantitative estimate of drug-likeness (QED) is 0.590. The number of rotatable bonds is 0. The van der Waals surface area contributed by atoms with Gasteiger partial charge in [-0.25, -0.2) is 0 Å². The Hall–Kier alpha value is -0.980. The maximum absolute atomic E-state index is 5.68. The molecule has 0 unspecified atom stereocenters. The minimum Gasteiger partial charge on any atom is -0.493 e. The van der Waals surface area contributed by atoms with Crippen LogP contribution in [-0.4, -0.2) is 6.61 Å². The lowest BCUT2D eigenvalue weighted by Gasteiger charge is -2.15. The molecule has 13 heavy (non-hydrogen) atoms. The van der Waals surface area contributed by atoms with Crippen LogP contribution < -0.4 is 4.74 Å². The van der Waals surface area contributed by atoms with Gasteiger partial charge in [0.1, 0.15) is 5.75 Å². The lowest BCUT2D eigenvalue weighted by molar-refractivity contribution is 0.294. The smallest absolute Gasteiger partial charge is 0.122 e. The van der Waals surface area contributed by atoms with Crippen LogP contribution in [0.25, 0.3) is 0 Å². The number of benzene rings is 1. The molecule has 1 heterocycles. The van der Waals surface area contributed by atoms with Gasteiger partial charge in [0.05, 0.1) is 6.61 Å². The summed E-state index contributed by atoms with van der Waals surface area (Å²) in [6.07, 6.45) is 4.98. The third kappa shape index (κ3) is 2.03. The summed E-state index contributed by atoms with van der Waals surface area (Å²) in [6.45, 7) is 3.02. The van der Waals surface area contributed by atoms with Crippen molar-refractivity contribution in [3.8, 4) is 5.75 Å². The van der Waals surface area contributed by atoms with Crippen LogP contribution in [0.3, 0.4) is 0 Å². The largest absolute Gasteiger partial charge is 0.493 e. The van der Waals surface area contributed by atoms with E-state index in [2.05, 4.69) is 25.1 Å². The van der Waals surface area contributed by atoms with Crippen LogP contribution in [0.15, 0.2) is 18.2 Å². The van der Waals surface area contributed by atoms with Crippen LogP contribution in [0.1, 0.15) is 30.4 Å². The summed E-state index contributed by atoms with van der Waals surface area (Å²) in [4.78, 5) is 0. The first-order valence-corrected chi connectivity index (χ1v) is 5.08. The lowest BCUT2D eigenvalue weighted by atomic mass is 10.0. The average Bonchev–Trinajstić information content (AvgIpc) is 2.08. The Morgan fingerprint density at radius 2 is 2.08 bits per heavy atom. The van der Waals surface area contributed by atoms with E-state index in [1.165, 1.54) is 36.8 Å². The van der Waals surface area contributed by atoms with E-state index in [1.807, 2.05) is 0 Å². The minimum absolute atomic E-state index is 0.885. The molecule has 1 aromatic carbocycles. The Labute approximate surface area is 79.7 Å². The Balaban J connectivity index is 2.28. The highest BCUT2D eigenvalue weighted by atomic mass is 16.5. The fourth-order valence-electron chi connectivity index (χ4n) is 1.82. The number of fused-ring (bicyclic) bond motifs is 1. The fourth-order valence-corrected chi connectivity index (χ4v) is 1.82. The summed E-state index contributed by atoms with van der Waals surface area (Å²) in [5.74, 6) is 1.10. The zero-order valence-corrected chi connectivity index (χ0v) is 8.18. The normalized spacial score (nSPS) is 16.7. The molecule has 1 aliphatic heterocycles. The van der Waals surface area contributed by atoms with E-state index >= 15 is 0 Å². The molecular formula is C12H16O. The van der Waals surface area contributed by atoms with Crippen LogP contribution in [-0.2, 0) is 6.42 Å². The molecule has 0 atom stereocenters. The highest BCUT2D eigenvalue weighted by Crippen LogP contribution is 2.24. The van der Waals surface area contributed by atoms with Crippen molar-refractivity contribution < 1.29 is 4.74 Å². The molecule has 0 aliphatic carbocycles. The van der Waals surface area contributed by atoms with Gasteiger partial charge in [-0.05, 0) is 44.2 Å². The molecule has 0 spiro atoms. The van der Waals surface area contributed by atoms with Gasteiger partial charge < -0.3 is 4.74 Å². The number of ether oxygens (including phenoxy) is 1. The first kappa shape index (κ1) is 8.61. The maximum Gasteiger partial charge on any atom is 0.122 e. The van der Waals surface area contributed by atoms with Crippen molar-refractivity contribution in [2.45, 2.75) is 32.6 Å². The summed E-state index contributed by atoms with van der Waals surface area (Å²) in [7, 11) is 0. The molecule has 0 amide bonds. The summed E-state index contributed by atoms with van der Waals surface area (Å²) in [6, 6.07) is 6.48. The molecule has 1 aromatic rings. The number of aryl methyl sites for hydroxylation is 2. The summed E-state index contributed by atoms with van der Waals surface area (Å²) >= 11 is 0. The predicted octanol–water partition coefficient (Wildman–Crippen LogP) is 3.10. The van der Waals surface area contributed by atoms with E-state index in [0.717, 1.165) is 12.4 Å². The average molecular weight is 176 g/mol. The van der Waals surface area contributed by atoms with E-state index in [4.69, 9.17) is 4.74 Å². The minimum atomic E-state index is 0.885. The number of hydrogen-bond acceptors (Lipinski definition) is 1. The Bertz CT molecular complexity index is 291. The monoisotopic (exact) mass is 176 g/mol. The van der Waals surface area contributed by atoms with Gasteiger partial charge in [-0.2, -0.15) is 0 Å². The molecule has 2 rings (SSSR count). The molecule has 1 aliphatic rings. The van der Waals surface area contributed by atoms with Gasteiger partial charge in [0.15, 0.2) is 0 Å². The molecule has 0 radical (unpaired) electrons. The van der Waals surface area contributed by atoms with Crippen LogP contribution in [0.4, 0.5) is 0 Å². The van der Waals surface area contributed by atoms with E-state index < -0.39 is 0 Å². The third-order valence-electron chi connectivity index (χ3n) is 2.56. The first-order chi connectivity index (χ1) is 6.36. The molecule has 0 saturated heterocycles. The van der Waals surface area contributed by atoms with Gasteiger partial charge in [-0.1, -0.05) is 17.7 Å². The Morgan fingerprint density at radius 3 is 3.00 bits per heavy atom. The van der Waals surface area contributed by atoms with Gasteiger partial charge in [-0.15, -0.1) is 0 Å². The van der Waals surface area contributed by atoms with Crippen molar-refractivity contribution in [1.82, 2.24) is 0 Å². The van der Waals surface area contributed by atoms with Crippen LogP contribution in [0, 0.1) is 6.92 Å². The topological polar surface area (TPSA) is 9.23 Å². The van der Waals surface area contributed by atoms with Crippen LogP contribution >= 0.6 is 0 Å². The second kappa shape index (κ2) is 3.82. The highest BCUT2D eigenvalue weighted by Gasteiger charge is 2.06. The molecule has 1 heteroatoms. The Kier molecular flexibility index (Phi) is 2.53. The van der Waals surface area contributed by atoms with Gasteiger partial charge in [0.25, 0.3) is 0 Å². The third-order valence-corrected chi connectivity index (χ3v) is 2.56. The van der Waals surface area contributed by atoms with Crippen molar-refractivity contribution in [2.75, 3.05) is 6.61 Å². The molecular weight excluding hydrogens is 160 g/mol. The number of hydrogen-bond donors (Lipinski definition) is 0. The molecule has 70 valence electrons. The zero-order chi connectivity index (χ0) is 9.10. The summed E-state index contributed by atoms with van der Waals surface area (Å²) in [5.41, 5.74) is 2.72. The molecule has 0 fully saturated rings. The van der Waals surface area contributed by atoms with E-state index in [-0.39, 0.29) is 0 Å². The molecule has 0 N–H and O–H groups in total. The maximum atomic E-state index is 5.68. The fraction of sp³-hybridized carbons (Fsp3) is 0.500.